The molecule has 0 saturated heterocycles. The fraction of sp³-hybridized carbons (Fsp3) is 0.333. The van der Waals surface area contributed by atoms with E-state index in [0.717, 1.165) is 13.0 Å². The van der Waals surface area contributed by atoms with Crippen molar-refractivity contribution in [3.05, 3.63) is 51.5 Å². The van der Waals surface area contributed by atoms with E-state index in [1.807, 2.05) is 6.92 Å². The normalized spacial score (nSPS) is 12.6. The van der Waals surface area contributed by atoms with Crippen molar-refractivity contribution in [2.24, 2.45) is 0 Å². The molecule has 2 N–H and O–H groups in total. The number of aromatic hydroxyl groups is 1. The molecule has 0 amide bonds. The molecular weight excluding hydrogens is 261 g/mol. The van der Waals surface area contributed by atoms with Gasteiger partial charge in [-0.2, -0.15) is 0 Å². The Morgan fingerprint density at radius 3 is 2.68 bits per heavy atom. The molecule has 2 nitrogen and oxygen atoms in total. The van der Waals surface area contributed by atoms with Gasteiger partial charge < -0.3 is 10.4 Å². The predicted molar refractivity (Wildman–Crippen MR) is 77.0 cm³/mol. The van der Waals surface area contributed by atoms with Crippen molar-refractivity contribution in [3.8, 4) is 5.75 Å². The Morgan fingerprint density at radius 2 is 2.00 bits per heavy atom. The van der Waals surface area contributed by atoms with Gasteiger partial charge in [0.2, 0.25) is 0 Å². The average molecular weight is 279 g/mol. The SMILES string of the molecule is CCc1ccc(CNC(C)c2cc(F)ccc2O)s1. The summed E-state index contributed by atoms with van der Waals surface area (Å²) >= 11 is 1.78. The van der Waals surface area contributed by atoms with E-state index in [9.17, 15) is 9.50 Å². The van der Waals surface area contributed by atoms with E-state index in [0.29, 0.717) is 5.56 Å². The molecule has 1 aromatic heterocycles. The largest absolute Gasteiger partial charge is 0.508 e. The van der Waals surface area contributed by atoms with Crippen LogP contribution in [0, 0.1) is 5.82 Å². The van der Waals surface area contributed by atoms with E-state index >= 15 is 0 Å². The highest BCUT2D eigenvalue weighted by Gasteiger charge is 2.11. The molecule has 4 heteroatoms. The van der Waals surface area contributed by atoms with Gasteiger partial charge in [0.15, 0.2) is 0 Å². The van der Waals surface area contributed by atoms with Gasteiger partial charge >= 0.3 is 0 Å². The van der Waals surface area contributed by atoms with E-state index in [4.69, 9.17) is 0 Å². The minimum absolute atomic E-state index is 0.0946. The third-order valence-electron chi connectivity index (χ3n) is 3.10. The zero-order valence-corrected chi connectivity index (χ0v) is 11.9. The van der Waals surface area contributed by atoms with Gasteiger partial charge in [0.05, 0.1) is 0 Å². The lowest BCUT2D eigenvalue weighted by Crippen LogP contribution is -2.17. The van der Waals surface area contributed by atoms with E-state index < -0.39 is 0 Å². The maximum absolute atomic E-state index is 13.2. The maximum atomic E-state index is 13.2. The lowest BCUT2D eigenvalue weighted by molar-refractivity contribution is 0.449. The standard InChI is InChI=1S/C15H18FNOS/c1-3-12-5-6-13(19-12)9-17-10(2)14-8-11(16)4-7-15(14)18/h4-8,10,17-18H,3,9H2,1-2H3. The molecule has 2 rings (SSSR count). The van der Waals surface area contributed by atoms with Crippen LogP contribution in [0.5, 0.6) is 5.75 Å². The van der Waals surface area contributed by atoms with Gasteiger partial charge in [-0.25, -0.2) is 4.39 Å². The van der Waals surface area contributed by atoms with Crippen LogP contribution < -0.4 is 5.32 Å². The first-order valence-corrected chi connectivity index (χ1v) is 7.21. The number of nitrogens with one attached hydrogen (secondary N) is 1. The van der Waals surface area contributed by atoms with Crippen LogP contribution in [-0.4, -0.2) is 5.11 Å². The molecule has 0 spiro atoms. The minimum atomic E-state index is -0.328. The number of hydrogen-bond donors (Lipinski definition) is 2. The fourth-order valence-corrected chi connectivity index (χ4v) is 2.85. The molecule has 1 heterocycles. The summed E-state index contributed by atoms with van der Waals surface area (Å²) in [6.07, 6.45) is 1.05. The van der Waals surface area contributed by atoms with Crippen molar-refractivity contribution in [2.75, 3.05) is 0 Å². The number of halogens is 1. The fourth-order valence-electron chi connectivity index (χ4n) is 1.94. The van der Waals surface area contributed by atoms with Crippen molar-refractivity contribution in [1.29, 1.82) is 0 Å². The number of phenols is 1. The number of aryl methyl sites for hydroxylation is 1. The van der Waals surface area contributed by atoms with Gasteiger partial charge in [0.1, 0.15) is 11.6 Å². The van der Waals surface area contributed by atoms with Crippen molar-refractivity contribution >= 4 is 11.3 Å². The number of thiophene rings is 1. The van der Waals surface area contributed by atoms with Gasteiger partial charge in [-0.05, 0) is 43.7 Å². The molecule has 0 fully saturated rings. The van der Waals surface area contributed by atoms with Crippen molar-refractivity contribution in [2.45, 2.75) is 32.9 Å². The first kappa shape index (κ1) is 14.0. The Bertz CT molecular complexity index is 553. The first-order chi connectivity index (χ1) is 9.10. The minimum Gasteiger partial charge on any atom is -0.508 e. The summed E-state index contributed by atoms with van der Waals surface area (Å²) in [5.74, 6) is -0.201. The molecule has 19 heavy (non-hydrogen) atoms. The summed E-state index contributed by atoms with van der Waals surface area (Å²) in [7, 11) is 0. The van der Waals surface area contributed by atoms with Gasteiger partial charge in [0.25, 0.3) is 0 Å². The number of benzene rings is 1. The lowest BCUT2D eigenvalue weighted by atomic mass is 10.1. The third-order valence-corrected chi connectivity index (χ3v) is 4.33. The molecule has 1 unspecified atom stereocenters. The van der Waals surface area contributed by atoms with E-state index in [2.05, 4.69) is 24.4 Å². The first-order valence-electron chi connectivity index (χ1n) is 6.39. The maximum Gasteiger partial charge on any atom is 0.123 e. The molecule has 0 aliphatic rings. The average Bonchev–Trinajstić information content (AvgIpc) is 2.87. The number of rotatable bonds is 5. The van der Waals surface area contributed by atoms with E-state index in [1.165, 1.54) is 28.0 Å². The highest BCUT2D eigenvalue weighted by molar-refractivity contribution is 7.11. The van der Waals surface area contributed by atoms with Crippen LogP contribution in [0.25, 0.3) is 0 Å². The Labute approximate surface area is 116 Å². The highest BCUT2D eigenvalue weighted by Crippen LogP contribution is 2.25. The summed E-state index contributed by atoms with van der Waals surface area (Å²) < 4.78 is 13.2. The molecule has 0 aliphatic heterocycles. The molecule has 0 saturated carbocycles. The second-order valence-corrected chi connectivity index (χ2v) is 5.78. The van der Waals surface area contributed by atoms with Crippen LogP contribution in [-0.2, 0) is 13.0 Å². The summed E-state index contributed by atoms with van der Waals surface area (Å²) in [5.41, 5.74) is 0.590. The monoisotopic (exact) mass is 279 g/mol. The van der Waals surface area contributed by atoms with Crippen LogP contribution in [0.15, 0.2) is 30.3 Å². The molecule has 2 aromatic rings. The van der Waals surface area contributed by atoms with Crippen molar-refractivity contribution in [3.63, 3.8) is 0 Å². The third kappa shape index (κ3) is 3.55. The van der Waals surface area contributed by atoms with Gasteiger partial charge in [-0.3, -0.25) is 0 Å². The van der Waals surface area contributed by atoms with Crippen LogP contribution in [0.4, 0.5) is 4.39 Å². The van der Waals surface area contributed by atoms with Gasteiger partial charge in [0, 0.05) is 27.9 Å². The molecule has 0 aliphatic carbocycles. The summed E-state index contributed by atoms with van der Waals surface area (Å²) in [6, 6.07) is 8.17. The van der Waals surface area contributed by atoms with Crippen LogP contribution in [0.3, 0.4) is 0 Å². The van der Waals surface area contributed by atoms with Crippen LogP contribution in [0.2, 0.25) is 0 Å². The topological polar surface area (TPSA) is 32.3 Å². The van der Waals surface area contributed by atoms with Gasteiger partial charge in [-0.15, -0.1) is 11.3 Å². The Kier molecular flexibility index (Phi) is 4.56. The van der Waals surface area contributed by atoms with Crippen LogP contribution in [0.1, 0.15) is 35.2 Å². The smallest absolute Gasteiger partial charge is 0.123 e. The zero-order valence-electron chi connectivity index (χ0n) is 11.1. The molecule has 0 bridgehead atoms. The molecule has 0 radical (unpaired) electrons. The molecule has 1 atom stereocenters. The Balaban J connectivity index is 2.00. The second-order valence-electron chi connectivity index (χ2n) is 4.53. The second kappa shape index (κ2) is 6.17. The molecule has 102 valence electrons. The zero-order chi connectivity index (χ0) is 13.8. The number of hydrogen-bond acceptors (Lipinski definition) is 3. The van der Waals surface area contributed by atoms with E-state index in [-0.39, 0.29) is 17.6 Å². The summed E-state index contributed by atoms with van der Waals surface area (Å²) in [5, 5.41) is 13.0. The summed E-state index contributed by atoms with van der Waals surface area (Å²) in [6.45, 7) is 4.78. The summed E-state index contributed by atoms with van der Waals surface area (Å²) in [4.78, 5) is 2.61. The molecular formula is C15H18FNOS. The Hall–Kier alpha value is -1.39. The Morgan fingerprint density at radius 1 is 1.26 bits per heavy atom. The number of phenolic OH excluding ortho intramolecular Hbond substituents is 1. The predicted octanol–water partition coefficient (Wildman–Crippen LogP) is 4.01. The van der Waals surface area contributed by atoms with Crippen molar-refractivity contribution < 1.29 is 9.50 Å². The lowest BCUT2D eigenvalue weighted by Gasteiger charge is -2.15. The van der Waals surface area contributed by atoms with E-state index in [1.54, 1.807) is 11.3 Å². The highest BCUT2D eigenvalue weighted by atomic mass is 32.1. The van der Waals surface area contributed by atoms with Gasteiger partial charge in [-0.1, -0.05) is 6.92 Å². The van der Waals surface area contributed by atoms with Crippen molar-refractivity contribution in [1.82, 2.24) is 5.32 Å². The van der Waals surface area contributed by atoms with Crippen LogP contribution >= 0.6 is 11.3 Å². The quantitative estimate of drug-likeness (QED) is 0.867. The molecule has 1 aromatic carbocycles.